The third-order valence-corrected chi connectivity index (χ3v) is 4.95. The molecule has 0 atom stereocenters. The van der Waals surface area contributed by atoms with Gasteiger partial charge in [-0.15, -0.1) is 0 Å². The number of halogens is 2. The first-order valence-electron chi connectivity index (χ1n) is 8.22. The molecule has 1 heterocycles. The van der Waals surface area contributed by atoms with Gasteiger partial charge in [0.25, 0.3) is 0 Å². The quantitative estimate of drug-likeness (QED) is 0.525. The zero-order valence-corrected chi connectivity index (χ0v) is 17.0. The molecule has 2 aromatic rings. The van der Waals surface area contributed by atoms with Gasteiger partial charge in [0.05, 0.1) is 32.9 Å². The number of pyridine rings is 1. The van der Waals surface area contributed by atoms with E-state index < -0.39 is 0 Å². The van der Waals surface area contributed by atoms with Gasteiger partial charge >= 0.3 is 0 Å². The summed E-state index contributed by atoms with van der Waals surface area (Å²) in [5.74, 6) is 0. The molecule has 0 bridgehead atoms. The maximum absolute atomic E-state index is 9.89. The first-order chi connectivity index (χ1) is 13.5. The van der Waals surface area contributed by atoms with Crippen LogP contribution in [0.1, 0.15) is 11.1 Å². The molecule has 0 fully saturated rings. The van der Waals surface area contributed by atoms with Gasteiger partial charge in [-0.1, -0.05) is 35.9 Å². The van der Waals surface area contributed by atoms with Crippen molar-refractivity contribution in [1.82, 2.24) is 10.3 Å². The molecule has 1 aliphatic rings. The normalized spacial score (nSPS) is 16.1. The van der Waals surface area contributed by atoms with Crippen molar-refractivity contribution < 1.29 is 0 Å². The number of allylic oxidation sites excluding steroid dienone is 4. The topological polar surface area (TPSA) is 125 Å². The van der Waals surface area contributed by atoms with Crippen LogP contribution < -0.4 is 16.8 Å². The smallest absolute Gasteiger partial charge is 0.102 e. The van der Waals surface area contributed by atoms with E-state index in [-0.39, 0.29) is 21.6 Å². The van der Waals surface area contributed by atoms with Crippen molar-refractivity contribution in [3.63, 3.8) is 0 Å². The molecule has 0 amide bonds. The highest BCUT2D eigenvalue weighted by atomic mass is 79.9. The molecular weight excluding hydrogens is 440 g/mol. The van der Waals surface area contributed by atoms with Crippen LogP contribution in [0.2, 0.25) is 5.02 Å². The van der Waals surface area contributed by atoms with E-state index in [0.29, 0.717) is 34.0 Å². The lowest BCUT2D eigenvalue weighted by Crippen LogP contribution is -2.30. The van der Waals surface area contributed by atoms with Crippen LogP contribution in [0.3, 0.4) is 0 Å². The van der Waals surface area contributed by atoms with Gasteiger partial charge in [0.1, 0.15) is 6.07 Å². The summed E-state index contributed by atoms with van der Waals surface area (Å²) < 4.78 is 0.206. The Balaban J connectivity index is 2.19. The predicted molar refractivity (Wildman–Crippen MR) is 114 cm³/mol. The number of rotatable bonds is 4. The van der Waals surface area contributed by atoms with Gasteiger partial charge in [-0.2, -0.15) is 5.26 Å². The molecule has 0 radical (unpaired) electrons. The van der Waals surface area contributed by atoms with Crippen LogP contribution in [0, 0.1) is 16.7 Å². The van der Waals surface area contributed by atoms with E-state index in [1.807, 2.05) is 12.1 Å². The summed E-state index contributed by atoms with van der Waals surface area (Å²) in [5.41, 5.74) is 15.3. The van der Waals surface area contributed by atoms with Gasteiger partial charge in [0.2, 0.25) is 0 Å². The Labute approximate surface area is 175 Å². The summed E-state index contributed by atoms with van der Waals surface area (Å²) in [5, 5.41) is 22.1. The lowest BCUT2D eigenvalue weighted by atomic mass is 9.84. The second-order valence-electron chi connectivity index (χ2n) is 5.94. The van der Waals surface area contributed by atoms with E-state index in [0.717, 1.165) is 5.56 Å². The lowest BCUT2D eigenvalue weighted by molar-refractivity contribution is 0.831. The van der Waals surface area contributed by atoms with E-state index in [1.165, 1.54) is 0 Å². The Bertz CT molecular complexity index is 1080. The Morgan fingerprint density at radius 1 is 1.29 bits per heavy atom. The molecule has 8 heteroatoms. The van der Waals surface area contributed by atoms with Crippen LogP contribution in [-0.4, -0.2) is 10.7 Å². The molecule has 6 N–H and O–H groups in total. The van der Waals surface area contributed by atoms with Crippen molar-refractivity contribution in [3.05, 3.63) is 92.1 Å². The van der Waals surface area contributed by atoms with Gasteiger partial charge in [0, 0.05) is 35.1 Å². The zero-order valence-electron chi connectivity index (χ0n) is 14.6. The second kappa shape index (κ2) is 8.30. The molecule has 1 aromatic heterocycles. The number of benzene rings is 1. The minimum Gasteiger partial charge on any atom is -0.398 e. The Morgan fingerprint density at radius 2 is 2.04 bits per heavy atom. The molecule has 28 heavy (non-hydrogen) atoms. The summed E-state index contributed by atoms with van der Waals surface area (Å²) in [4.78, 5) is 4.08. The minimum absolute atomic E-state index is 0.0307. The summed E-state index contributed by atoms with van der Waals surface area (Å²) in [6.07, 6.45) is 3.39. The van der Waals surface area contributed by atoms with Crippen molar-refractivity contribution in [3.8, 4) is 6.07 Å². The van der Waals surface area contributed by atoms with E-state index in [1.54, 1.807) is 36.7 Å². The van der Waals surface area contributed by atoms with Crippen molar-refractivity contribution >= 4 is 38.8 Å². The highest BCUT2D eigenvalue weighted by Crippen LogP contribution is 2.39. The first-order valence-corrected chi connectivity index (χ1v) is 9.39. The molecule has 140 valence electrons. The third kappa shape index (κ3) is 3.65. The van der Waals surface area contributed by atoms with Gasteiger partial charge in [-0.05, 0) is 33.6 Å². The zero-order chi connectivity index (χ0) is 20.3. The molecular formula is C20H16BrClN6. The maximum Gasteiger partial charge on any atom is 0.102 e. The standard InChI is InChI=1S/C20H16BrClN6/c21-20(26)16-17(24)15(12-5-1-2-6-14(12)22)13(8-23)19(18(16)25)28-10-11-4-3-7-27-9-11/h1-7,9,25,28H,10,24,26H2/b20-16-,25-18?. The fourth-order valence-electron chi connectivity index (χ4n) is 2.94. The number of hydrogen-bond acceptors (Lipinski definition) is 6. The number of nitrogens with one attached hydrogen (secondary N) is 2. The Hall–Kier alpha value is -3.08. The molecule has 0 saturated heterocycles. The van der Waals surface area contributed by atoms with Gasteiger partial charge in [-0.3, -0.25) is 10.4 Å². The Morgan fingerprint density at radius 3 is 2.64 bits per heavy atom. The van der Waals surface area contributed by atoms with E-state index in [9.17, 15) is 5.26 Å². The van der Waals surface area contributed by atoms with Crippen LogP contribution in [-0.2, 0) is 6.54 Å². The monoisotopic (exact) mass is 454 g/mol. The van der Waals surface area contributed by atoms with E-state index in [4.69, 9.17) is 28.5 Å². The number of nitrogens with two attached hydrogens (primary N) is 2. The van der Waals surface area contributed by atoms with E-state index >= 15 is 0 Å². The van der Waals surface area contributed by atoms with Crippen molar-refractivity contribution in [1.29, 1.82) is 10.7 Å². The first kappa shape index (κ1) is 19.7. The molecule has 0 aliphatic heterocycles. The minimum atomic E-state index is 0.0307. The largest absolute Gasteiger partial charge is 0.398 e. The predicted octanol–water partition coefficient (Wildman–Crippen LogP) is 3.57. The Kier molecular flexibility index (Phi) is 5.83. The summed E-state index contributed by atoms with van der Waals surface area (Å²) >= 11 is 9.59. The average molecular weight is 456 g/mol. The highest BCUT2D eigenvalue weighted by Gasteiger charge is 2.31. The summed E-state index contributed by atoms with van der Waals surface area (Å²) in [6, 6.07) is 13.0. The van der Waals surface area contributed by atoms with Gasteiger partial charge in [0.15, 0.2) is 0 Å². The van der Waals surface area contributed by atoms with Gasteiger partial charge in [-0.25, -0.2) is 0 Å². The SMILES string of the molecule is N#CC1=C(NCc2cccnc2)C(=N)/C(=C(\N)Br)C(N)=C1c1ccccc1Cl. The molecule has 0 spiro atoms. The van der Waals surface area contributed by atoms with Gasteiger partial charge < -0.3 is 16.8 Å². The molecule has 0 unspecified atom stereocenters. The van der Waals surface area contributed by atoms with E-state index in [2.05, 4.69) is 32.3 Å². The fourth-order valence-corrected chi connectivity index (χ4v) is 3.58. The number of nitriles is 1. The molecule has 6 nitrogen and oxygen atoms in total. The third-order valence-electron chi connectivity index (χ3n) is 4.22. The van der Waals surface area contributed by atoms with Crippen LogP contribution in [0.25, 0.3) is 5.57 Å². The van der Waals surface area contributed by atoms with Crippen LogP contribution >= 0.6 is 27.5 Å². The van der Waals surface area contributed by atoms with Crippen molar-refractivity contribution in [2.45, 2.75) is 6.54 Å². The van der Waals surface area contributed by atoms with Crippen LogP contribution in [0.5, 0.6) is 0 Å². The molecule has 3 rings (SSSR count). The maximum atomic E-state index is 9.89. The molecule has 1 aliphatic carbocycles. The van der Waals surface area contributed by atoms with Crippen LogP contribution in [0.4, 0.5) is 0 Å². The summed E-state index contributed by atoms with van der Waals surface area (Å²) in [6.45, 7) is 0.377. The fraction of sp³-hybridized carbons (Fsp3) is 0.0500. The number of aromatic nitrogens is 1. The molecule has 1 aromatic carbocycles. The number of nitrogens with zero attached hydrogens (tertiary/aromatic N) is 2. The van der Waals surface area contributed by atoms with Crippen molar-refractivity contribution in [2.75, 3.05) is 0 Å². The van der Waals surface area contributed by atoms with Crippen LogP contribution in [0.15, 0.2) is 75.9 Å². The van der Waals surface area contributed by atoms with Crippen molar-refractivity contribution in [2.24, 2.45) is 11.5 Å². The highest BCUT2D eigenvalue weighted by molar-refractivity contribution is 9.11. The lowest BCUT2D eigenvalue weighted by Gasteiger charge is -2.26. The second-order valence-corrected chi connectivity index (χ2v) is 7.20. The average Bonchev–Trinajstić information content (AvgIpc) is 2.68. The summed E-state index contributed by atoms with van der Waals surface area (Å²) in [7, 11) is 0. The molecule has 0 saturated carbocycles. The number of hydrogen-bond donors (Lipinski definition) is 4.